The van der Waals surface area contributed by atoms with E-state index in [1.165, 1.54) is 6.08 Å². The van der Waals surface area contributed by atoms with Gasteiger partial charge in [0.15, 0.2) is 5.65 Å². The van der Waals surface area contributed by atoms with Gasteiger partial charge in [-0.05, 0) is 18.9 Å². The molecule has 26 heavy (non-hydrogen) atoms. The molecule has 1 aliphatic carbocycles. The lowest BCUT2D eigenvalue weighted by molar-refractivity contribution is -0.111. The summed E-state index contributed by atoms with van der Waals surface area (Å²) in [6, 6.07) is 7.35. The average Bonchev–Trinajstić information content (AvgIpc) is 3.28. The molecule has 0 bridgehead atoms. The number of aromatic nitrogens is 4. The summed E-state index contributed by atoms with van der Waals surface area (Å²) >= 11 is 6.08. The zero-order valence-electron chi connectivity index (χ0n) is 13.7. The molecule has 3 heterocycles. The number of fused-ring (bicyclic) bond motifs is 1. The number of nitrogens with zero attached hydrogens (tertiary/aromatic N) is 4. The van der Waals surface area contributed by atoms with Gasteiger partial charge < -0.3 is 16.0 Å². The fraction of sp³-hybridized carbons (Fsp3) is 0.176. The predicted octanol–water partition coefficient (Wildman–Crippen LogP) is 3.22. The van der Waals surface area contributed by atoms with Crippen LogP contribution in [0, 0.1) is 0 Å². The first-order valence-corrected chi connectivity index (χ1v) is 8.48. The van der Waals surface area contributed by atoms with Crippen molar-refractivity contribution in [3.05, 3.63) is 48.3 Å². The highest BCUT2D eigenvalue weighted by molar-refractivity contribution is 6.29. The first kappa shape index (κ1) is 16.3. The summed E-state index contributed by atoms with van der Waals surface area (Å²) in [6.45, 7) is 3.47. The Morgan fingerprint density at radius 1 is 1.27 bits per heavy atom. The third kappa shape index (κ3) is 3.60. The number of pyridine rings is 1. The molecule has 0 atom stereocenters. The van der Waals surface area contributed by atoms with Crippen LogP contribution in [0.25, 0.3) is 5.65 Å². The van der Waals surface area contributed by atoms with Crippen LogP contribution in [0.3, 0.4) is 0 Å². The molecule has 0 saturated heterocycles. The molecule has 3 N–H and O–H groups in total. The molecule has 1 saturated carbocycles. The van der Waals surface area contributed by atoms with Crippen molar-refractivity contribution in [2.24, 2.45) is 0 Å². The Labute approximate surface area is 154 Å². The van der Waals surface area contributed by atoms with Gasteiger partial charge in [0.1, 0.15) is 22.6 Å². The third-order valence-corrected chi connectivity index (χ3v) is 3.99. The normalized spacial score (nSPS) is 13.4. The van der Waals surface area contributed by atoms with Crippen LogP contribution in [0.4, 0.5) is 23.1 Å². The zero-order valence-corrected chi connectivity index (χ0v) is 14.5. The van der Waals surface area contributed by atoms with Crippen molar-refractivity contribution in [1.82, 2.24) is 19.6 Å². The second kappa shape index (κ2) is 6.64. The number of anilines is 4. The van der Waals surface area contributed by atoms with E-state index in [1.54, 1.807) is 35.0 Å². The van der Waals surface area contributed by atoms with Crippen molar-refractivity contribution in [1.29, 1.82) is 0 Å². The molecular formula is C17H16ClN7O. The van der Waals surface area contributed by atoms with Gasteiger partial charge in [-0.1, -0.05) is 18.2 Å². The Balaban J connectivity index is 1.69. The van der Waals surface area contributed by atoms with Crippen LogP contribution in [0.15, 0.2) is 43.1 Å². The molecule has 132 valence electrons. The molecule has 0 unspecified atom stereocenters. The maximum absolute atomic E-state index is 11.7. The van der Waals surface area contributed by atoms with Crippen LogP contribution in [-0.4, -0.2) is 31.5 Å². The third-order valence-electron chi connectivity index (χ3n) is 3.79. The van der Waals surface area contributed by atoms with E-state index in [0.29, 0.717) is 40.0 Å². The lowest BCUT2D eigenvalue weighted by Crippen LogP contribution is -2.11. The van der Waals surface area contributed by atoms with Crippen LogP contribution >= 0.6 is 11.6 Å². The standard InChI is InChI=1S/C17H16ClN7O/c1-2-17(26)21-11-7-13(20-10-3-4-10)23-14(8-11)24-16-9-12(18)22-15-5-6-19-25(15)16/h2,5-10H,1,3-4H2,(H3,20,21,23,24,26). The molecule has 0 aromatic carbocycles. The zero-order chi connectivity index (χ0) is 18.1. The minimum absolute atomic E-state index is 0.291. The van der Waals surface area contributed by atoms with E-state index in [4.69, 9.17) is 11.6 Å². The molecule has 0 radical (unpaired) electrons. The summed E-state index contributed by atoms with van der Waals surface area (Å²) < 4.78 is 1.62. The van der Waals surface area contributed by atoms with Crippen LogP contribution in [0.2, 0.25) is 5.15 Å². The monoisotopic (exact) mass is 369 g/mol. The number of carbonyl (C=O) groups excluding carboxylic acids is 1. The fourth-order valence-electron chi connectivity index (χ4n) is 2.47. The number of halogens is 1. The maximum atomic E-state index is 11.7. The molecule has 1 fully saturated rings. The quantitative estimate of drug-likeness (QED) is 0.456. The van der Waals surface area contributed by atoms with E-state index >= 15 is 0 Å². The number of nitrogens with one attached hydrogen (secondary N) is 3. The highest BCUT2D eigenvalue weighted by Gasteiger charge is 2.22. The van der Waals surface area contributed by atoms with E-state index in [1.807, 2.05) is 0 Å². The summed E-state index contributed by atoms with van der Waals surface area (Å²) in [5.41, 5.74) is 1.22. The highest BCUT2D eigenvalue weighted by atomic mass is 35.5. The Morgan fingerprint density at radius 2 is 2.08 bits per heavy atom. The summed E-state index contributed by atoms with van der Waals surface area (Å²) in [4.78, 5) is 20.4. The number of hydrogen-bond acceptors (Lipinski definition) is 6. The minimum Gasteiger partial charge on any atom is -0.367 e. The molecule has 3 aromatic heterocycles. The molecule has 8 nitrogen and oxygen atoms in total. The lowest BCUT2D eigenvalue weighted by atomic mass is 10.3. The molecule has 3 aromatic rings. The van der Waals surface area contributed by atoms with Gasteiger partial charge in [-0.2, -0.15) is 9.61 Å². The maximum Gasteiger partial charge on any atom is 0.247 e. The van der Waals surface area contributed by atoms with Gasteiger partial charge in [-0.15, -0.1) is 0 Å². The van der Waals surface area contributed by atoms with Crippen LogP contribution < -0.4 is 16.0 Å². The Hall–Kier alpha value is -3.13. The van der Waals surface area contributed by atoms with Gasteiger partial charge in [0.2, 0.25) is 5.91 Å². The fourth-order valence-corrected chi connectivity index (χ4v) is 2.66. The van der Waals surface area contributed by atoms with Crippen LogP contribution in [0.1, 0.15) is 12.8 Å². The molecule has 0 aliphatic heterocycles. The van der Waals surface area contributed by atoms with E-state index in [0.717, 1.165) is 12.8 Å². The largest absolute Gasteiger partial charge is 0.367 e. The van der Waals surface area contributed by atoms with Gasteiger partial charge in [0, 0.05) is 36.0 Å². The summed E-state index contributed by atoms with van der Waals surface area (Å²) in [6.07, 6.45) is 5.08. The molecule has 1 aliphatic rings. The van der Waals surface area contributed by atoms with Gasteiger partial charge in [0.25, 0.3) is 0 Å². The predicted molar refractivity (Wildman–Crippen MR) is 101 cm³/mol. The van der Waals surface area contributed by atoms with Crippen molar-refractivity contribution < 1.29 is 4.79 Å². The second-order valence-corrected chi connectivity index (χ2v) is 6.32. The van der Waals surface area contributed by atoms with Crippen LogP contribution in [0.5, 0.6) is 0 Å². The van der Waals surface area contributed by atoms with Gasteiger partial charge in [-0.25, -0.2) is 9.97 Å². The molecule has 4 rings (SSSR count). The van der Waals surface area contributed by atoms with Crippen LogP contribution in [-0.2, 0) is 4.79 Å². The van der Waals surface area contributed by atoms with E-state index < -0.39 is 0 Å². The Morgan fingerprint density at radius 3 is 2.85 bits per heavy atom. The Bertz CT molecular complexity index is 996. The first-order valence-electron chi connectivity index (χ1n) is 8.10. The molecule has 1 amide bonds. The number of rotatable bonds is 6. The molecule has 9 heteroatoms. The second-order valence-electron chi connectivity index (χ2n) is 5.93. The minimum atomic E-state index is -0.291. The number of amides is 1. The topological polar surface area (TPSA) is 96.2 Å². The molecule has 0 spiro atoms. The van der Waals surface area contributed by atoms with Crippen molar-refractivity contribution >= 4 is 46.3 Å². The lowest BCUT2D eigenvalue weighted by Gasteiger charge is -2.13. The van der Waals surface area contributed by atoms with E-state index in [-0.39, 0.29) is 5.91 Å². The Kier molecular flexibility index (Phi) is 4.18. The van der Waals surface area contributed by atoms with Gasteiger partial charge in [-0.3, -0.25) is 4.79 Å². The summed E-state index contributed by atoms with van der Waals surface area (Å²) in [5, 5.41) is 13.8. The van der Waals surface area contributed by atoms with Crippen molar-refractivity contribution in [3.63, 3.8) is 0 Å². The van der Waals surface area contributed by atoms with E-state index in [9.17, 15) is 4.79 Å². The van der Waals surface area contributed by atoms with Gasteiger partial charge in [0.05, 0.1) is 6.20 Å². The number of hydrogen-bond donors (Lipinski definition) is 3. The SMILES string of the molecule is C=CC(=O)Nc1cc(Nc2cc(Cl)nc3ccnn23)nc(NC2CC2)c1. The van der Waals surface area contributed by atoms with Gasteiger partial charge >= 0.3 is 0 Å². The summed E-state index contributed by atoms with van der Waals surface area (Å²) in [7, 11) is 0. The van der Waals surface area contributed by atoms with Crippen molar-refractivity contribution in [3.8, 4) is 0 Å². The van der Waals surface area contributed by atoms with E-state index in [2.05, 4.69) is 37.6 Å². The smallest absolute Gasteiger partial charge is 0.247 e. The highest BCUT2D eigenvalue weighted by Crippen LogP contribution is 2.28. The summed E-state index contributed by atoms with van der Waals surface area (Å²) in [5.74, 6) is 1.53. The average molecular weight is 370 g/mol. The number of carbonyl (C=O) groups is 1. The first-order chi connectivity index (χ1) is 12.6. The van der Waals surface area contributed by atoms with Crippen molar-refractivity contribution in [2.45, 2.75) is 18.9 Å². The van der Waals surface area contributed by atoms with Crippen molar-refractivity contribution in [2.75, 3.05) is 16.0 Å². The molecular weight excluding hydrogens is 354 g/mol.